The molecular formula is C14H30N2O. The summed E-state index contributed by atoms with van der Waals surface area (Å²) in [5.74, 6) is 0.859. The van der Waals surface area contributed by atoms with Crippen LogP contribution in [0.1, 0.15) is 39.5 Å². The molecule has 0 heterocycles. The van der Waals surface area contributed by atoms with Crippen LogP contribution in [0.25, 0.3) is 0 Å². The lowest BCUT2D eigenvalue weighted by atomic mass is 9.86. The minimum absolute atomic E-state index is 0.754. The molecule has 3 heteroatoms. The van der Waals surface area contributed by atoms with Crippen molar-refractivity contribution in [3.63, 3.8) is 0 Å². The molecule has 3 nitrogen and oxygen atoms in total. The molecule has 0 amide bonds. The molecule has 2 atom stereocenters. The van der Waals surface area contributed by atoms with Gasteiger partial charge in [-0.1, -0.05) is 19.8 Å². The third kappa shape index (κ3) is 6.39. The summed E-state index contributed by atoms with van der Waals surface area (Å²) in [5, 5.41) is 3.71. The Balaban J connectivity index is 2.01. The third-order valence-corrected chi connectivity index (χ3v) is 3.83. The quantitative estimate of drug-likeness (QED) is 0.660. The maximum Gasteiger partial charge on any atom is 0.0593 e. The Bertz CT molecular complexity index is 187. The first-order valence-electron chi connectivity index (χ1n) is 7.23. The first-order chi connectivity index (χ1) is 8.24. The van der Waals surface area contributed by atoms with Gasteiger partial charge in [0.05, 0.1) is 6.61 Å². The molecule has 1 aliphatic rings. The van der Waals surface area contributed by atoms with Crippen LogP contribution in [0.4, 0.5) is 0 Å². The minimum atomic E-state index is 0.754. The summed E-state index contributed by atoms with van der Waals surface area (Å²) in [6.07, 6.45) is 5.59. The first kappa shape index (κ1) is 14.9. The van der Waals surface area contributed by atoms with Gasteiger partial charge in [0, 0.05) is 32.3 Å². The van der Waals surface area contributed by atoms with Gasteiger partial charge in [-0.3, -0.25) is 0 Å². The van der Waals surface area contributed by atoms with E-state index >= 15 is 0 Å². The van der Waals surface area contributed by atoms with Crippen molar-refractivity contribution in [1.82, 2.24) is 10.2 Å². The number of hydrogen-bond acceptors (Lipinski definition) is 3. The SMILES string of the molecule is CCOCCN(C)CCNC1CCCCC1C. The topological polar surface area (TPSA) is 24.5 Å². The van der Waals surface area contributed by atoms with Gasteiger partial charge in [-0.15, -0.1) is 0 Å². The maximum absolute atomic E-state index is 5.36. The molecule has 2 unspecified atom stereocenters. The molecular weight excluding hydrogens is 212 g/mol. The second-order valence-corrected chi connectivity index (χ2v) is 5.32. The average Bonchev–Trinajstić information content (AvgIpc) is 2.32. The van der Waals surface area contributed by atoms with Crippen molar-refractivity contribution in [1.29, 1.82) is 0 Å². The monoisotopic (exact) mass is 242 g/mol. The van der Waals surface area contributed by atoms with Crippen LogP contribution >= 0.6 is 0 Å². The van der Waals surface area contributed by atoms with E-state index in [9.17, 15) is 0 Å². The van der Waals surface area contributed by atoms with Crippen molar-refractivity contribution in [3.05, 3.63) is 0 Å². The number of likely N-dealkylation sites (N-methyl/N-ethyl adjacent to an activating group) is 1. The molecule has 1 N–H and O–H groups in total. The van der Waals surface area contributed by atoms with Gasteiger partial charge in [-0.05, 0) is 32.7 Å². The molecule has 0 bridgehead atoms. The Kier molecular flexibility index (Phi) is 7.82. The Hall–Kier alpha value is -0.120. The van der Waals surface area contributed by atoms with Crippen LogP contribution in [-0.2, 0) is 4.74 Å². The zero-order chi connectivity index (χ0) is 12.5. The van der Waals surface area contributed by atoms with Crippen LogP contribution in [0.5, 0.6) is 0 Å². The zero-order valence-corrected chi connectivity index (χ0v) is 11.9. The Morgan fingerprint density at radius 2 is 2.00 bits per heavy atom. The average molecular weight is 242 g/mol. The van der Waals surface area contributed by atoms with Crippen molar-refractivity contribution >= 4 is 0 Å². The van der Waals surface area contributed by atoms with Gasteiger partial charge in [-0.25, -0.2) is 0 Å². The summed E-state index contributed by atoms with van der Waals surface area (Å²) in [6, 6.07) is 0.754. The van der Waals surface area contributed by atoms with E-state index in [0.717, 1.165) is 44.8 Å². The Morgan fingerprint density at radius 3 is 2.71 bits per heavy atom. The van der Waals surface area contributed by atoms with Crippen molar-refractivity contribution in [2.75, 3.05) is 39.9 Å². The molecule has 0 aromatic carbocycles. The summed E-state index contributed by atoms with van der Waals surface area (Å²) in [5.41, 5.74) is 0. The second kappa shape index (κ2) is 8.90. The highest BCUT2D eigenvalue weighted by Crippen LogP contribution is 2.23. The molecule has 0 aliphatic heterocycles. The zero-order valence-electron chi connectivity index (χ0n) is 11.9. The van der Waals surface area contributed by atoms with E-state index in [1.165, 1.54) is 25.7 Å². The molecule has 0 radical (unpaired) electrons. The predicted octanol–water partition coefficient (Wildman–Crippen LogP) is 2.12. The van der Waals surface area contributed by atoms with Gasteiger partial charge in [0.25, 0.3) is 0 Å². The lowest BCUT2D eigenvalue weighted by Gasteiger charge is -2.30. The predicted molar refractivity (Wildman–Crippen MR) is 73.4 cm³/mol. The fraction of sp³-hybridized carbons (Fsp3) is 1.00. The molecule has 0 saturated heterocycles. The second-order valence-electron chi connectivity index (χ2n) is 5.32. The molecule has 1 saturated carbocycles. The maximum atomic E-state index is 5.36. The third-order valence-electron chi connectivity index (χ3n) is 3.83. The molecule has 0 aromatic heterocycles. The van der Waals surface area contributed by atoms with E-state index in [2.05, 4.69) is 24.2 Å². The summed E-state index contributed by atoms with van der Waals surface area (Å²) in [6.45, 7) is 9.38. The normalized spacial score (nSPS) is 25.4. The molecule has 17 heavy (non-hydrogen) atoms. The Morgan fingerprint density at radius 1 is 1.24 bits per heavy atom. The fourth-order valence-corrected chi connectivity index (χ4v) is 2.54. The van der Waals surface area contributed by atoms with E-state index in [1.54, 1.807) is 0 Å². The van der Waals surface area contributed by atoms with Crippen LogP contribution in [-0.4, -0.2) is 50.8 Å². The van der Waals surface area contributed by atoms with Gasteiger partial charge < -0.3 is 15.0 Å². The Labute approximate surface area is 107 Å². The van der Waals surface area contributed by atoms with E-state index < -0.39 is 0 Å². The van der Waals surface area contributed by atoms with E-state index in [4.69, 9.17) is 4.74 Å². The summed E-state index contributed by atoms with van der Waals surface area (Å²) in [7, 11) is 2.17. The highest BCUT2D eigenvalue weighted by molar-refractivity contribution is 4.78. The number of nitrogens with zero attached hydrogens (tertiary/aromatic N) is 1. The van der Waals surface area contributed by atoms with E-state index in [-0.39, 0.29) is 0 Å². The summed E-state index contributed by atoms with van der Waals surface area (Å²) < 4.78 is 5.36. The van der Waals surface area contributed by atoms with Gasteiger partial charge in [0.15, 0.2) is 0 Å². The van der Waals surface area contributed by atoms with Gasteiger partial charge in [0.1, 0.15) is 0 Å². The van der Waals surface area contributed by atoms with Gasteiger partial charge in [-0.2, -0.15) is 0 Å². The highest BCUT2D eigenvalue weighted by atomic mass is 16.5. The highest BCUT2D eigenvalue weighted by Gasteiger charge is 2.20. The smallest absolute Gasteiger partial charge is 0.0593 e. The van der Waals surface area contributed by atoms with E-state index in [0.29, 0.717) is 0 Å². The summed E-state index contributed by atoms with van der Waals surface area (Å²) in [4.78, 5) is 2.34. The lowest BCUT2D eigenvalue weighted by molar-refractivity contribution is 0.121. The molecule has 0 aromatic rings. The van der Waals surface area contributed by atoms with Crippen LogP contribution in [0, 0.1) is 5.92 Å². The fourth-order valence-electron chi connectivity index (χ4n) is 2.54. The van der Waals surface area contributed by atoms with Gasteiger partial charge >= 0.3 is 0 Å². The van der Waals surface area contributed by atoms with Crippen LogP contribution in [0.15, 0.2) is 0 Å². The standard InChI is InChI=1S/C14H30N2O/c1-4-17-12-11-16(3)10-9-15-14-8-6-5-7-13(14)2/h13-15H,4-12H2,1-3H3. The van der Waals surface area contributed by atoms with Crippen molar-refractivity contribution in [2.24, 2.45) is 5.92 Å². The number of rotatable bonds is 8. The molecule has 102 valence electrons. The molecule has 1 rings (SSSR count). The first-order valence-corrected chi connectivity index (χ1v) is 7.23. The number of hydrogen-bond donors (Lipinski definition) is 1. The van der Waals surface area contributed by atoms with Crippen molar-refractivity contribution in [3.8, 4) is 0 Å². The van der Waals surface area contributed by atoms with Crippen LogP contribution < -0.4 is 5.32 Å². The number of ether oxygens (including phenoxy) is 1. The van der Waals surface area contributed by atoms with Crippen LogP contribution in [0.2, 0.25) is 0 Å². The van der Waals surface area contributed by atoms with Gasteiger partial charge in [0.2, 0.25) is 0 Å². The van der Waals surface area contributed by atoms with E-state index in [1.807, 2.05) is 6.92 Å². The lowest BCUT2D eigenvalue weighted by Crippen LogP contribution is -2.41. The largest absolute Gasteiger partial charge is 0.380 e. The van der Waals surface area contributed by atoms with Crippen molar-refractivity contribution < 1.29 is 4.74 Å². The molecule has 0 spiro atoms. The summed E-state index contributed by atoms with van der Waals surface area (Å²) >= 11 is 0. The molecule has 1 fully saturated rings. The minimum Gasteiger partial charge on any atom is -0.380 e. The van der Waals surface area contributed by atoms with Crippen LogP contribution in [0.3, 0.4) is 0 Å². The molecule has 1 aliphatic carbocycles. The number of nitrogens with one attached hydrogen (secondary N) is 1. The van der Waals surface area contributed by atoms with Crippen molar-refractivity contribution in [2.45, 2.75) is 45.6 Å².